The molecule has 0 spiro atoms. The van der Waals surface area contributed by atoms with Crippen molar-refractivity contribution in [3.05, 3.63) is 23.3 Å². The summed E-state index contributed by atoms with van der Waals surface area (Å²) in [6.45, 7) is 7.60. The number of aryl methyl sites for hydroxylation is 2. The van der Waals surface area contributed by atoms with Crippen LogP contribution in [0, 0.1) is 13.8 Å². The second-order valence-electron chi connectivity index (χ2n) is 5.56. The molecule has 0 amide bonds. The molecule has 5 nitrogen and oxygen atoms in total. The molecule has 1 aromatic heterocycles. The lowest BCUT2D eigenvalue weighted by Crippen LogP contribution is -2.47. The first-order chi connectivity index (χ1) is 10.0. The normalized spacial score (nSPS) is 16.6. The summed E-state index contributed by atoms with van der Waals surface area (Å²) in [6, 6.07) is 4.35. The van der Waals surface area contributed by atoms with Gasteiger partial charge in [0, 0.05) is 26.2 Å². The summed E-state index contributed by atoms with van der Waals surface area (Å²) in [6.07, 6.45) is 0. The van der Waals surface area contributed by atoms with Gasteiger partial charge in [0.1, 0.15) is 0 Å². The summed E-state index contributed by atoms with van der Waals surface area (Å²) < 4.78 is 1.22. The standard InChI is InChI=1S/C15H19N3O2S/c1-10-7-12-13(8-11(10)2)21-15(16-12)18-5-3-17(4-6-18)9-14(19)20/h7-8H,3-6,9H2,1-2H3,(H,19,20). The smallest absolute Gasteiger partial charge is 0.317 e. The van der Waals surface area contributed by atoms with Crippen LogP contribution >= 0.6 is 11.3 Å². The van der Waals surface area contributed by atoms with Gasteiger partial charge in [-0.25, -0.2) is 4.98 Å². The van der Waals surface area contributed by atoms with Crippen molar-refractivity contribution in [1.29, 1.82) is 0 Å². The van der Waals surface area contributed by atoms with Crippen molar-refractivity contribution < 1.29 is 9.90 Å². The number of anilines is 1. The van der Waals surface area contributed by atoms with Gasteiger partial charge in [-0.15, -0.1) is 0 Å². The fourth-order valence-electron chi connectivity index (χ4n) is 2.59. The fourth-order valence-corrected chi connectivity index (χ4v) is 3.69. The number of aromatic nitrogens is 1. The number of hydrogen-bond donors (Lipinski definition) is 1. The molecule has 3 rings (SSSR count). The zero-order valence-corrected chi connectivity index (χ0v) is 13.1. The van der Waals surface area contributed by atoms with Gasteiger partial charge in [0.05, 0.1) is 16.8 Å². The lowest BCUT2D eigenvalue weighted by Gasteiger charge is -2.33. The summed E-state index contributed by atoms with van der Waals surface area (Å²) in [5.41, 5.74) is 3.63. The number of rotatable bonds is 3. The van der Waals surface area contributed by atoms with E-state index in [9.17, 15) is 4.79 Å². The molecule has 0 bridgehead atoms. The third-order valence-corrected chi connectivity index (χ3v) is 5.07. The van der Waals surface area contributed by atoms with Crippen LogP contribution in [0.25, 0.3) is 10.2 Å². The van der Waals surface area contributed by atoms with Crippen LogP contribution in [0.2, 0.25) is 0 Å². The molecule has 0 aliphatic carbocycles. The van der Waals surface area contributed by atoms with Crippen LogP contribution in [0.3, 0.4) is 0 Å². The summed E-state index contributed by atoms with van der Waals surface area (Å²) in [4.78, 5) is 19.7. The molecule has 2 heterocycles. The Labute approximate surface area is 127 Å². The van der Waals surface area contributed by atoms with E-state index in [1.54, 1.807) is 11.3 Å². The number of carbonyl (C=O) groups is 1. The van der Waals surface area contributed by atoms with Gasteiger partial charge in [-0.3, -0.25) is 9.69 Å². The third-order valence-electron chi connectivity index (χ3n) is 3.99. The van der Waals surface area contributed by atoms with Crippen molar-refractivity contribution in [2.45, 2.75) is 13.8 Å². The summed E-state index contributed by atoms with van der Waals surface area (Å²) in [7, 11) is 0. The van der Waals surface area contributed by atoms with E-state index < -0.39 is 5.97 Å². The van der Waals surface area contributed by atoms with Crippen LogP contribution in [-0.4, -0.2) is 53.7 Å². The van der Waals surface area contributed by atoms with E-state index in [1.165, 1.54) is 15.8 Å². The number of carboxylic acid groups (broad SMARTS) is 1. The second kappa shape index (κ2) is 5.61. The molecule has 0 unspecified atom stereocenters. The molecule has 0 radical (unpaired) electrons. The Hall–Kier alpha value is -1.66. The molecule has 1 aliphatic heterocycles. The van der Waals surface area contributed by atoms with Gasteiger partial charge in [-0.05, 0) is 37.1 Å². The maximum absolute atomic E-state index is 10.7. The molecule has 2 aromatic rings. The molecular weight excluding hydrogens is 286 g/mol. The highest BCUT2D eigenvalue weighted by molar-refractivity contribution is 7.22. The highest BCUT2D eigenvalue weighted by atomic mass is 32.1. The van der Waals surface area contributed by atoms with Crippen molar-refractivity contribution in [3.63, 3.8) is 0 Å². The minimum Gasteiger partial charge on any atom is -0.480 e. The number of piperazine rings is 1. The predicted molar refractivity (Wildman–Crippen MR) is 85.4 cm³/mol. The maximum Gasteiger partial charge on any atom is 0.317 e. The van der Waals surface area contributed by atoms with Gasteiger partial charge in [0.25, 0.3) is 0 Å². The van der Waals surface area contributed by atoms with Crippen LogP contribution in [0.5, 0.6) is 0 Å². The molecule has 0 atom stereocenters. The first-order valence-corrected chi connectivity index (χ1v) is 7.91. The molecular formula is C15H19N3O2S. The lowest BCUT2D eigenvalue weighted by molar-refractivity contribution is -0.138. The Balaban J connectivity index is 1.75. The molecule has 1 aromatic carbocycles. The third kappa shape index (κ3) is 3.01. The molecule has 0 saturated carbocycles. The number of aliphatic carboxylic acids is 1. The van der Waals surface area contributed by atoms with Crippen LogP contribution in [0.4, 0.5) is 5.13 Å². The predicted octanol–water partition coefficient (Wildman–Crippen LogP) is 2.12. The monoisotopic (exact) mass is 305 g/mol. The zero-order valence-electron chi connectivity index (χ0n) is 12.3. The van der Waals surface area contributed by atoms with Crippen LogP contribution in [0.15, 0.2) is 12.1 Å². The number of thiazole rings is 1. The van der Waals surface area contributed by atoms with Gasteiger partial charge in [0.2, 0.25) is 0 Å². The van der Waals surface area contributed by atoms with Crippen molar-refractivity contribution in [2.75, 3.05) is 37.6 Å². The van der Waals surface area contributed by atoms with Crippen molar-refractivity contribution >= 4 is 32.7 Å². The maximum atomic E-state index is 10.7. The van der Waals surface area contributed by atoms with E-state index in [-0.39, 0.29) is 6.54 Å². The lowest BCUT2D eigenvalue weighted by atomic mass is 10.1. The molecule has 1 saturated heterocycles. The molecule has 21 heavy (non-hydrogen) atoms. The zero-order chi connectivity index (χ0) is 15.0. The Morgan fingerprint density at radius 3 is 2.57 bits per heavy atom. The largest absolute Gasteiger partial charge is 0.480 e. The number of nitrogens with zero attached hydrogens (tertiary/aromatic N) is 3. The Bertz CT molecular complexity index is 636. The number of hydrogen-bond acceptors (Lipinski definition) is 5. The van der Waals surface area contributed by atoms with E-state index in [1.807, 2.05) is 4.90 Å². The van der Waals surface area contributed by atoms with Crippen molar-refractivity contribution in [1.82, 2.24) is 9.88 Å². The first kappa shape index (κ1) is 14.3. The van der Waals surface area contributed by atoms with Crippen LogP contribution in [0.1, 0.15) is 11.1 Å². The Kier molecular flexibility index (Phi) is 3.82. The number of carboxylic acids is 1. The van der Waals surface area contributed by atoms with Crippen LogP contribution < -0.4 is 4.90 Å². The van der Waals surface area contributed by atoms with E-state index in [0.717, 1.165) is 36.8 Å². The minimum absolute atomic E-state index is 0.131. The molecule has 1 fully saturated rings. The molecule has 112 valence electrons. The van der Waals surface area contributed by atoms with Gasteiger partial charge >= 0.3 is 5.97 Å². The number of benzene rings is 1. The van der Waals surface area contributed by atoms with E-state index in [2.05, 4.69) is 30.9 Å². The van der Waals surface area contributed by atoms with Gasteiger partial charge in [-0.1, -0.05) is 11.3 Å². The summed E-state index contributed by atoms with van der Waals surface area (Å²) >= 11 is 1.72. The van der Waals surface area contributed by atoms with Gasteiger partial charge < -0.3 is 10.0 Å². The van der Waals surface area contributed by atoms with Crippen molar-refractivity contribution in [2.24, 2.45) is 0 Å². The highest BCUT2D eigenvalue weighted by Gasteiger charge is 2.21. The van der Waals surface area contributed by atoms with E-state index in [4.69, 9.17) is 10.1 Å². The SMILES string of the molecule is Cc1cc2nc(N3CCN(CC(=O)O)CC3)sc2cc1C. The fraction of sp³-hybridized carbons (Fsp3) is 0.467. The number of fused-ring (bicyclic) bond motifs is 1. The highest BCUT2D eigenvalue weighted by Crippen LogP contribution is 2.31. The van der Waals surface area contributed by atoms with Crippen molar-refractivity contribution in [3.8, 4) is 0 Å². The average Bonchev–Trinajstić information content (AvgIpc) is 2.82. The van der Waals surface area contributed by atoms with Gasteiger partial charge in [0.15, 0.2) is 5.13 Å². The molecule has 1 N–H and O–H groups in total. The summed E-state index contributed by atoms with van der Waals surface area (Å²) in [5.74, 6) is -0.755. The van der Waals surface area contributed by atoms with E-state index in [0.29, 0.717) is 0 Å². The quantitative estimate of drug-likeness (QED) is 0.941. The Morgan fingerprint density at radius 1 is 1.24 bits per heavy atom. The summed E-state index contributed by atoms with van der Waals surface area (Å²) in [5, 5.41) is 9.88. The second-order valence-corrected chi connectivity index (χ2v) is 6.57. The minimum atomic E-state index is -0.755. The molecule has 6 heteroatoms. The Morgan fingerprint density at radius 2 is 1.90 bits per heavy atom. The molecule has 1 aliphatic rings. The van der Waals surface area contributed by atoms with Gasteiger partial charge in [-0.2, -0.15) is 0 Å². The first-order valence-electron chi connectivity index (χ1n) is 7.10. The van der Waals surface area contributed by atoms with Crippen LogP contribution in [-0.2, 0) is 4.79 Å². The van der Waals surface area contributed by atoms with E-state index >= 15 is 0 Å². The average molecular weight is 305 g/mol. The topological polar surface area (TPSA) is 56.7 Å².